The maximum atomic E-state index is 11.8. The van der Waals surface area contributed by atoms with Gasteiger partial charge >= 0.3 is 0 Å². The van der Waals surface area contributed by atoms with E-state index in [9.17, 15) is 4.79 Å². The first-order chi connectivity index (χ1) is 9.53. The Labute approximate surface area is 123 Å². The minimum atomic E-state index is 0.362. The van der Waals surface area contributed by atoms with Crippen LogP contribution in [0.5, 0.6) is 0 Å². The molecule has 0 amide bonds. The fraction of sp³-hybridized carbons (Fsp3) is 0.842. The summed E-state index contributed by atoms with van der Waals surface area (Å²) < 4.78 is 0. The van der Waals surface area contributed by atoms with Crippen molar-refractivity contribution in [2.75, 3.05) is 0 Å². The van der Waals surface area contributed by atoms with Gasteiger partial charge in [0.25, 0.3) is 0 Å². The standard InChI is InChI=1S/C19H28O/c1-18-9-3-4-16(18)15-6-5-13-12-14(20)7-11-19(13,2)17(15)8-10-18/h5,15-17H,3-4,6-12H2,1-2H3. The van der Waals surface area contributed by atoms with E-state index in [0.717, 1.165) is 37.0 Å². The summed E-state index contributed by atoms with van der Waals surface area (Å²) in [5, 5.41) is 0. The van der Waals surface area contributed by atoms with E-state index in [4.69, 9.17) is 0 Å². The quantitative estimate of drug-likeness (QED) is 0.573. The molecule has 0 saturated heterocycles. The molecule has 4 rings (SSSR count). The molecule has 4 aliphatic rings. The number of hydrogen-bond donors (Lipinski definition) is 0. The Morgan fingerprint density at radius 2 is 1.95 bits per heavy atom. The average Bonchev–Trinajstić information content (AvgIpc) is 2.81. The molecule has 3 saturated carbocycles. The summed E-state index contributed by atoms with van der Waals surface area (Å²) in [4.78, 5) is 11.8. The van der Waals surface area contributed by atoms with Gasteiger partial charge in [0.1, 0.15) is 5.78 Å². The van der Waals surface area contributed by atoms with Gasteiger partial charge in [-0.1, -0.05) is 31.9 Å². The molecule has 0 heterocycles. The molecule has 110 valence electrons. The van der Waals surface area contributed by atoms with Gasteiger partial charge in [0.05, 0.1) is 0 Å². The predicted octanol–water partition coefficient (Wildman–Crippen LogP) is 4.91. The first-order valence-electron chi connectivity index (χ1n) is 8.74. The summed E-state index contributed by atoms with van der Waals surface area (Å²) in [5.74, 6) is 3.23. The van der Waals surface area contributed by atoms with Gasteiger partial charge in [0.15, 0.2) is 0 Å². The average molecular weight is 272 g/mol. The second-order valence-electron chi connectivity index (χ2n) is 8.56. The molecule has 1 heteroatoms. The summed E-state index contributed by atoms with van der Waals surface area (Å²) in [6.07, 6.45) is 13.7. The molecule has 0 spiro atoms. The lowest BCUT2D eigenvalue weighted by atomic mass is 9.48. The minimum Gasteiger partial charge on any atom is -0.299 e. The summed E-state index contributed by atoms with van der Waals surface area (Å²) in [6, 6.07) is 0. The molecule has 0 radical (unpaired) electrons. The lowest BCUT2D eigenvalue weighted by Gasteiger charge is -2.56. The van der Waals surface area contributed by atoms with Crippen LogP contribution in [-0.2, 0) is 4.79 Å². The van der Waals surface area contributed by atoms with E-state index in [0.29, 0.717) is 16.6 Å². The Kier molecular flexibility index (Phi) is 2.76. The van der Waals surface area contributed by atoms with Gasteiger partial charge in [0, 0.05) is 12.8 Å². The SMILES string of the molecule is CC12CCCC1C1CC=C3CC(=O)CCC3(C)C1CC2. The van der Waals surface area contributed by atoms with E-state index in [-0.39, 0.29) is 0 Å². The highest BCUT2D eigenvalue weighted by atomic mass is 16.1. The second-order valence-corrected chi connectivity index (χ2v) is 8.56. The Balaban J connectivity index is 1.70. The largest absolute Gasteiger partial charge is 0.299 e. The summed E-state index contributed by atoms with van der Waals surface area (Å²) in [5.41, 5.74) is 2.52. The molecule has 0 aromatic rings. The van der Waals surface area contributed by atoms with Crippen LogP contribution in [0.25, 0.3) is 0 Å². The maximum Gasteiger partial charge on any atom is 0.136 e. The van der Waals surface area contributed by atoms with Gasteiger partial charge in [-0.15, -0.1) is 0 Å². The van der Waals surface area contributed by atoms with Gasteiger partial charge < -0.3 is 0 Å². The number of allylic oxidation sites excluding steroid dienone is 2. The number of fused-ring (bicyclic) bond motifs is 5. The van der Waals surface area contributed by atoms with Crippen LogP contribution in [0.4, 0.5) is 0 Å². The van der Waals surface area contributed by atoms with Gasteiger partial charge in [-0.05, 0) is 67.1 Å². The molecule has 0 aromatic heterocycles. The Bertz CT molecular complexity index is 476. The summed E-state index contributed by atoms with van der Waals surface area (Å²) in [7, 11) is 0. The molecule has 0 N–H and O–H groups in total. The van der Waals surface area contributed by atoms with Crippen LogP contribution >= 0.6 is 0 Å². The van der Waals surface area contributed by atoms with E-state index >= 15 is 0 Å². The van der Waals surface area contributed by atoms with Crippen LogP contribution < -0.4 is 0 Å². The fourth-order valence-electron chi connectivity index (χ4n) is 6.47. The van der Waals surface area contributed by atoms with Crippen LogP contribution in [0.1, 0.15) is 71.6 Å². The Morgan fingerprint density at radius 1 is 1.10 bits per heavy atom. The number of rotatable bonds is 0. The van der Waals surface area contributed by atoms with Crippen molar-refractivity contribution in [1.82, 2.24) is 0 Å². The third-order valence-corrected chi connectivity index (χ3v) is 7.72. The third kappa shape index (κ3) is 1.64. The zero-order valence-electron chi connectivity index (χ0n) is 13.1. The molecule has 3 fully saturated rings. The van der Waals surface area contributed by atoms with Crippen LogP contribution in [0.2, 0.25) is 0 Å². The van der Waals surface area contributed by atoms with Crippen LogP contribution in [0, 0.1) is 28.6 Å². The highest BCUT2D eigenvalue weighted by Crippen LogP contribution is 2.64. The zero-order chi connectivity index (χ0) is 14.0. The predicted molar refractivity (Wildman–Crippen MR) is 81.3 cm³/mol. The smallest absolute Gasteiger partial charge is 0.136 e. The molecule has 0 aliphatic heterocycles. The molecule has 5 atom stereocenters. The van der Waals surface area contributed by atoms with Crippen molar-refractivity contribution in [1.29, 1.82) is 0 Å². The number of carbonyl (C=O) groups is 1. The van der Waals surface area contributed by atoms with Gasteiger partial charge in [-0.25, -0.2) is 0 Å². The monoisotopic (exact) mass is 272 g/mol. The van der Waals surface area contributed by atoms with Crippen molar-refractivity contribution in [3.05, 3.63) is 11.6 Å². The molecule has 0 aromatic carbocycles. The van der Waals surface area contributed by atoms with E-state index in [1.165, 1.54) is 44.1 Å². The molecule has 20 heavy (non-hydrogen) atoms. The summed E-state index contributed by atoms with van der Waals surface area (Å²) >= 11 is 0. The first kappa shape index (κ1) is 13.1. The summed E-state index contributed by atoms with van der Waals surface area (Å²) in [6.45, 7) is 5.05. The normalized spacial score (nSPS) is 51.0. The minimum absolute atomic E-state index is 0.362. The number of Topliss-reactive ketones (excluding diaryl/α,β-unsaturated/α-hetero) is 1. The second kappa shape index (κ2) is 4.21. The van der Waals surface area contributed by atoms with Crippen molar-refractivity contribution in [2.45, 2.75) is 71.6 Å². The molecule has 0 bridgehead atoms. The highest BCUT2D eigenvalue weighted by molar-refractivity contribution is 5.82. The molecule has 1 nitrogen and oxygen atoms in total. The zero-order valence-corrected chi connectivity index (χ0v) is 13.1. The number of hydrogen-bond acceptors (Lipinski definition) is 1. The van der Waals surface area contributed by atoms with Gasteiger partial charge in [-0.3, -0.25) is 4.79 Å². The van der Waals surface area contributed by atoms with Crippen LogP contribution in [-0.4, -0.2) is 5.78 Å². The fourth-order valence-corrected chi connectivity index (χ4v) is 6.47. The molecular weight excluding hydrogens is 244 g/mol. The van der Waals surface area contributed by atoms with Crippen molar-refractivity contribution >= 4 is 5.78 Å². The number of ketones is 1. The molecular formula is C19H28O. The van der Waals surface area contributed by atoms with Gasteiger partial charge in [-0.2, -0.15) is 0 Å². The van der Waals surface area contributed by atoms with E-state index in [1.54, 1.807) is 0 Å². The van der Waals surface area contributed by atoms with Crippen molar-refractivity contribution < 1.29 is 4.79 Å². The lowest BCUT2D eigenvalue weighted by molar-refractivity contribution is -0.122. The van der Waals surface area contributed by atoms with E-state index in [2.05, 4.69) is 19.9 Å². The highest BCUT2D eigenvalue weighted by Gasteiger charge is 2.55. The third-order valence-electron chi connectivity index (χ3n) is 7.72. The maximum absolute atomic E-state index is 11.8. The van der Waals surface area contributed by atoms with Crippen molar-refractivity contribution in [2.24, 2.45) is 28.6 Å². The van der Waals surface area contributed by atoms with E-state index < -0.39 is 0 Å². The molecule has 5 unspecified atom stereocenters. The van der Waals surface area contributed by atoms with Crippen molar-refractivity contribution in [3.8, 4) is 0 Å². The molecule has 4 aliphatic carbocycles. The van der Waals surface area contributed by atoms with Gasteiger partial charge in [0.2, 0.25) is 0 Å². The lowest BCUT2D eigenvalue weighted by Crippen LogP contribution is -2.48. The van der Waals surface area contributed by atoms with Crippen molar-refractivity contribution in [3.63, 3.8) is 0 Å². The first-order valence-corrected chi connectivity index (χ1v) is 8.74. The van der Waals surface area contributed by atoms with Crippen LogP contribution in [0.15, 0.2) is 11.6 Å². The Hall–Kier alpha value is -0.590. The number of carbonyl (C=O) groups excluding carboxylic acids is 1. The van der Waals surface area contributed by atoms with E-state index in [1.807, 2.05) is 0 Å². The Morgan fingerprint density at radius 3 is 2.80 bits per heavy atom. The topological polar surface area (TPSA) is 17.1 Å². The van der Waals surface area contributed by atoms with Crippen LogP contribution in [0.3, 0.4) is 0 Å².